The summed E-state index contributed by atoms with van der Waals surface area (Å²) in [5.74, 6) is -0.772. The third kappa shape index (κ3) is 5.82. The standard InChI is InChI=1S/C19H21ClFN3O5S/c1-11-6-14(13(21)7-15(11)24-4-5-28-10-17(24)26)22-8-12(25)9-23-19(27)29-18-3-2-16(20)30-18/h2-3,6-7,12,22,25H,4-5,8-10H2,1H3,(H,23,27)/t12-/m1/s1. The molecule has 3 rings (SSSR count). The number of anilines is 2. The van der Waals surface area contributed by atoms with Crippen molar-refractivity contribution in [3.63, 3.8) is 0 Å². The van der Waals surface area contributed by atoms with E-state index in [0.717, 1.165) is 11.3 Å². The first-order valence-corrected chi connectivity index (χ1v) is 10.3. The number of hydrogen-bond donors (Lipinski definition) is 3. The van der Waals surface area contributed by atoms with Gasteiger partial charge in [0.2, 0.25) is 0 Å². The molecule has 0 aliphatic carbocycles. The van der Waals surface area contributed by atoms with Gasteiger partial charge >= 0.3 is 6.09 Å². The van der Waals surface area contributed by atoms with Crippen LogP contribution >= 0.6 is 22.9 Å². The summed E-state index contributed by atoms with van der Waals surface area (Å²) in [6.45, 7) is 2.41. The number of amides is 2. The predicted octanol–water partition coefficient (Wildman–Crippen LogP) is 2.77. The molecule has 8 nitrogen and oxygen atoms in total. The van der Waals surface area contributed by atoms with Crippen molar-refractivity contribution in [3.05, 3.63) is 40.0 Å². The molecule has 1 aliphatic rings. The van der Waals surface area contributed by atoms with Crippen molar-refractivity contribution in [3.8, 4) is 5.06 Å². The molecule has 0 unspecified atom stereocenters. The second-order valence-electron chi connectivity index (χ2n) is 6.58. The van der Waals surface area contributed by atoms with Crippen molar-refractivity contribution in [1.29, 1.82) is 0 Å². The van der Waals surface area contributed by atoms with E-state index in [1.54, 1.807) is 25.1 Å². The molecule has 0 bridgehead atoms. The summed E-state index contributed by atoms with van der Waals surface area (Å²) in [6, 6.07) is 6.02. The fraction of sp³-hybridized carbons (Fsp3) is 0.368. The molecule has 11 heteroatoms. The zero-order valence-corrected chi connectivity index (χ0v) is 17.7. The van der Waals surface area contributed by atoms with Gasteiger partial charge in [-0.05, 0) is 30.7 Å². The monoisotopic (exact) mass is 457 g/mol. The third-order valence-corrected chi connectivity index (χ3v) is 5.42. The fourth-order valence-corrected chi connectivity index (χ4v) is 3.72. The van der Waals surface area contributed by atoms with Gasteiger partial charge in [0.25, 0.3) is 5.91 Å². The van der Waals surface area contributed by atoms with E-state index in [-0.39, 0.29) is 31.3 Å². The number of aryl methyl sites for hydroxylation is 1. The Morgan fingerprint density at radius 2 is 2.23 bits per heavy atom. The number of carbonyl (C=O) groups excluding carboxylic acids is 2. The van der Waals surface area contributed by atoms with Crippen LogP contribution in [0.2, 0.25) is 4.34 Å². The number of rotatable bonds is 7. The maximum atomic E-state index is 14.5. The number of hydrogen-bond acceptors (Lipinski definition) is 7. The van der Waals surface area contributed by atoms with Gasteiger partial charge < -0.3 is 30.1 Å². The second-order valence-corrected chi connectivity index (χ2v) is 8.26. The molecule has 0 radical (unpaired) electrons. The molecule has 1 aromatic heterocycles. The van der Waals surface area contributed by atoms with Crippen molar-refractivity contribution in [1.82, 2.24) is 5.32 Å². The van der Waals surface area contributed by atoms with Crippen LogP contribution in [0.4, 0.5) is 20.6 Å². The molecular formula is C19H21ClFN3O5S. The quantitative estimate of drug-likeness (QED) is 0.591. The van der Waals surface area contributed by atoms with Crippen LogP contribution in [-0.2, 0) is 9.53 Å². The Kier molecular flexibility index (Phi) is 7.48. The average Bonchev–Trinajstić information content (AvgIpc) is 3.11. The van der Waals surface area contributed by atoms with Gasteiger partial charge in [-0.1, -0.05) is 22.9 Å². The van der Waals surface area contributed by atoms with Crippen molar-refractivity contribution in [2.45, 2.75) is 13.0 Å². The van der Waals surface area contributed by atoms with Gasteiger partial charge in [-0.15, -0.1) is 0 Å². The number of aliphatic hydroxyl groups excluding tert-OH is 1. The van der Waals surface area contributed by atoms with E-state index in [2.05, 4.69) is 10.6 Å². The Hall–Kier alpha value is -2.40. The molecule has 162 valence electrons. The molecule has 1 fully saturated rings. The largest absolute Gasteiger partial charge is 0.413 e. The van der Waals surface area contributed by atoms with Crippen LogP contribution in [0, 0.1) is 12.7 Å². The number of halogens is 2. The van der Waals surface area contributed by atoms with E-state index in [4.69, 9.17) is 21.1 Å². The molecule has 2 heterocycles. The minimum atomic E-state index is -0.982. The Morgan fingerprint density at radius 1 is 1.43 bits per heavy atom. The van der Waals surface area contributed by atoms with Crippen molar-refractivity contribution >= 4 is 46.3 Å². The molecule has 2 amide bonds. The van der Waals surface area contributed by atoms with Crippen LogP contribution in [0.25, 0.3) is 0 Å². The summed E-state index contributed by atoms with van der Waals surface area (Å²) >= 11 is 6.87. The number of nitrogens with one attached hydrogen (secondary N) is 2. The molecule has 1 saturated heterocycles. The van der Waals surface area contributed by atoms with Gasteiger partial charge in [-0.3, -0.25) is 4.79 Å². The lowest BCUT2D eigenvalue weighted by molar-refractivity contribution is -0.125. The lowest BCUT2D eigenvalue weighted by Crippen LogP contribution is -2.42. The highest BCUT2D eigenvalue weighted by atomic mass is 35.5. The molecular weight excluding hydrogens is 437 g/mol. The highest BCUT2D eigenvalue weighted by molar-refractivity contribution is 7.17. The van der Waals surface area contributed by atoms with Crippen molar-refractivity contribution < 1.29 is 28.6 Å². The number of ether oxygens (including phenoxy) is 2. The van der Waals surface area contributed by atoms with Gasteiger partial charge in [0.1, 0.15) is 12.4 Å². The van der Waals surface area contributed by atoms with Crippen LogP contribution in [0.15, 0.2) is 24.3 Å². The lowest BCUT2D eigenvalue weighted by atomic mass is 10.1. The van der Waals surface area contributed by atoms with Crippen LogP contribution in [0.5, 0.6) is 5.06 Å². The Labute approximate surface area is 181 Å². The number of nitrogens with zero attached hydrogens (tertiary/aromatic N) is 1. The molecule has 1 atom stereocenters. The predicted molar refractivity (Wildman–Crippen MR) is 112 cm³/mol. The number of aliphatic hydroxyl groups is 1. The number of carbonyl (C=O) groups is 2. The first-order valence-electron chi connectivity index (χ1n) is 9.14. The topological polar surface area (TPSA) is 100 Å². The summed E-state index contributed by atoms with van der Waals surface area (Å²) in [5.41, 5.74) is 1.39. The van der Waals surface area contributed by atoms with Crippen molar-refractivity contribution in [2.75, 3.05) is 43.1 Å². The minimum Gasteiger partial charge on any atom is -0.399 e. The van der Waals surface area contributed by atoms with Gasteiger partial charge in [-0.25, -0.2) is 9.18 Å². The first-order chi connectivity index (χ1) is 14.3. The smallest absolute Gasteiger partial charge is 0.399 e. The number of thiophene rings is 1. The zero-order valence-electron chi connectivity index (χ0n) is 16.1. The lowest BCUT2D eigenvalue weighted by Gasteiger charge is -2.28. The Bertz CT molecular complexity index is 926. The van der Waals surface area contributed by atoms with E-state index in [1.807, 2.05) is 0 Å². The van der Waals surface area contributed by atoms with Gasteiger partial charge in [-0.2, -0.15) is 0 Å². The normalized spacial score (nSPS) is 15.1. The zero-order chi connectivity index (χ0) is 21.7. The van der Waals surface area contributed by atoms with Gasteiger partial charge in [0.05, 0.1) is 22.7 Å². The molecule has 3 N–H and O–H groups in total. The summed E-state index contributed by atoms with van der Waals surface area (Å²) in [4.78, 5) is 25.2. The SMILES string of the molecule is Cc1cc(NC[C@@H](O)CNC(=O)Oc2ccc(Cl)s2)c(F)cc1N1CCOCC1=O. The van der Waals surface area contributed by atoms with Crippen LogP contribution in [-0.4, -0.2) is 56.1 Å². The molecule has 0 saturated carbocycles. The third-order valence-electron chi connectivity index (χ3n) is 4.31. The first kappa shape index (κ1) is 22.3. The maximum Gasteiger partial charge on any atom is 0.413 e. The summed E-state index contributed by atoms with van der Waals surface area (Å²) < 4.78 is 25.1. The van der Waals surface area contributed by atoms with E-state index < -0.39 is 18.0 Å². The number of morpholine rings is 1. The van der Waals surface area contributed by atoms with Gasteiger partial charge in [0, 0.05) is 31.4 Å². The Balaban J connectivity index is 1.50. The molecule has 2 aromatic rings. The second kappa shape index (κ2) is 10.1. The van der Waals surface area contributed by atoms with E-state index in [0.29, 0.717) is 33.8 Å². The summed E-state index contributed by atoms with van der Waals surface area (Å²) in [6.07, 6.45) is -1.71. The van der Waals surface area contributed by atoms with Crippen LogP contribution in [0.3, 0.4) is 0 Å². The highest BCUT2D eigenvalue weighted by Gasteiger charge is 2.23. The Morgan fingerprint density at radius 3 is 2.93 bits per heavy atom. The highest BCUT2D eigenvalue weighted by Crippen LogP contribution is 2.29. The van der Waals surface area contributed by atoms with Gasteiger partial charge in [0.15, 0.2) is 5.06 Å². The fourth-order valence-electron chi connectivity index (χ4n) is 2.85. The average molecular weight is 458 g/mol. The van der Waals surface area contributed by atoms with Crippen LogP contribution in [0.1, 0.15) is 5.56 Å². The molecule has 30 heavy (non-hydrogen) atoms. The molecule has 1 aliphatic heterocycles. The van der Waals surface area contributed by atoms with E-state index >= 15 is 0 Å². The van der Waals surface area contributed by atoms with Crippen molar-refractivity contribution in [2.24, 2.45) is 0 Å². The van der Waals surface area contributed by atoms with E-state index in [9.17, 15) is 19.1 Å². The summed E-state index contributed by atoms with van der Waals surface area (Å²) in [5, 5.41) is 15.6. The number of benzene rings is 1. The minimum absolute atomic E-state index is 0.00268. The molecule has 0 spiro atoms. The van der Waals surface area contributed by atoms with E-state index in [1.165, 1.54) is 11.0 Å². The maximum absolute atomic E-state index is 14.5. The van der Waals surface area contributed by atoms with Crippen LogP contribution < -0.4 is 20.3 Å². The summed E-state index contributed by atoms with van der Waals surface area (Å²) in [7, 11) is 0. The molecule has 1 aromatic carbocycles.